The highest BCUT2D eigenvalue weighted by atomic mass is 16.2. The van der Waals surface area contributed by atoms with Crippen molar-refractivity contribution in [1.29, 1.82) is 0 Å². The minimum Gasteiger partial charge on any atom is -0.388 e. The minimum absolute atomic E-state index is 0.245. The van der Waals surface area contributed by atoms with Gasteiger partial charge in [0.15, 0.2) is 0 Å². The summed E-state index contributed by atoms with van der Waals surface area (Å²) in [5.74, 6) is -0.557. The molecule has 4 heteroatoms. The zero-order chi connectivity index (χ0) is 10.1. The van der Waals surface area contributed by atoms with Crippen LogP contribution in [0.15, 0.2) is 18.2 Å². The van der Waals surface area contributed by atoms with Gasteiger partial charge < -0.3 is 5.32 Å². The highest BCUT2D eigenvalue weighted by Crippen LogP contribution is 2.22. The summed E-state index contributed by atoms with van der Waals surface area (Å²) in [4.78, 5) is 22.5. The van der Waals surface area contributed by atoms with E-state index < -0.39 is 0 Å². The first-order valence-electron chi connectivity index (χ1n) is 4.36. The molecular weight excluding hydrogens is 180 g/mol. The van der Waals surface area contributed by atoms with Crippen LogP contribution < -0.4 is 10.6 Å². The Labute approximate surface area is 81.3 Å². The fraction of sp³-hybridized carbons (Fsp3) is 0.200. The quantitative estimate of drug-likeness (QED) is 0.635. The first kappa shape index (κ1) is 8.74. The number of anilines is 1. The Hall–Kier alpha value is -1.84. The summed E-state index contributed by atoms with van der Waals surface area (Å²) in [6, 6.07) is 5.36. The zero-order valence-corrected chi connectivity index (χ0v) is 7.76. The second kappa shape index (κ2) is 3.14. The lowest BCUT2D eigenvalue weighted by Crippen LogP contribution is -2.37. The highest BCUT2D eigenvalue weighted by Gasteiger charge is 2.23. The first-order chi connectivity index (χ1) is 6.72. The Kier molecular flexibility index (Phi) is 1.96. The van der Waals surface area contributed by atoms with Crippen LogP contribution in [0.5, 0.6) is 0 Å². The lowest BCUT2D eigenvalue weighted by atomic mass is 9.98. The Morgan fingerprint density at radius 3 is 2.86 bits per heavy atom. The van der Waals surface area contributed by atoms with Gasteiger partial charge in [0.25, 0.3) is 5.91 Å². The summed E-state index contributed by atoms with van der Waals surface area (Å²) >= 11 is 0. The van der Waals surface area contributed by atoms with E-state index in [-0.39, 0.29) is 18.2 Å². The normalized spacial score (nSPS) is 14.6. The minimum atomic E-state index is -0.312. The van der Waals surface area contributed by atoms with E-state index in [9.17, 15) is 9.59 Å². The molecule has 0 aromatic heterocycles. The van der Waals surface area contributed by atoms with Crippen molar-refractivity contribution in [3.8, 4) is 0 Å². The number of carbonyl (C=O) groups excluding carboxylic acids is 2. The van der Waals surface area contributed by atoms with Gasteiger partial charge in [0, 0.05) is 18.3 Å². The van der Waals surface area contributed by atoms with Crippen molar-refractivity contribution in [2.75, 3.05) is 12.4 Å². The van der Waals surface area contributed by atoms with Gasteiger partial charge in [-0.05, 0) is 17.7 Å². The summed E-state index contributed by atoms with van der Waals surface area (Å²) in [5.41, 5.74) is 2.20. The lowest BCUT2D eigenvalue weighted by molar-refractivity contribution is -0.119. The van der Waals surface area contributed by atoms with Crippen molar-refractivity contribution >= 4 is 17.5 Å². The van der Waals surface area contributed by atoms with E-state index in [0.717, 1.165) is 11.3 Å². The number of amides is 2. The maximum Gasteiger partial charge on any atom is 0.258 e. The van der Waals surface area contributed by atoms with E-state index >= 15 is 0 Å². The summed E-state index contributed by atoms with van der Waals surface area (Å²) in [6.45, 7) is 0. The van der Waals surface area contributed by atoms with Crippen LogP contribution in [0.2, 0.25) is 0 Å². The van der Waals surface area contributed by atoms with Crippen LogP contribution in [-0.2, 0) is 11.2 Å². The third-order valence-electron chi connectivity index (χ3n) is 2.28. The number of rotatable bonds is 1. The monoisotopic (exact) mass is 190 g/mol. The van der Waals surface area contributed by atoms with Gasteiger partial charge in [0.2, 0.25) is 5.91 Å². The van der Waals surface area contributed by atoms with Gasteiger partial charge in [-0.2, -0.15) is 0 Å². The molecule has 4 nitrogen and oxygen atoms in total. The maximum atomic E-state index is 11.4. The molecule has 1 heterocycles. The average molecular weight is 190 g/mol. The Bertz CT molecular complexity index is 413. The van der Waals surface area contributed by atoms with Gasteiger partial charge in [-0.25, -0.2) is 0 Å². The van der Waals surface area contributed by atoms with Crippen molar-refractivity contribution in [2.45, 2.75) is 6.42 Å². The fourth-order valence-corrected chi connectivity index (χ4v) is 1.62. The van der Waals surface area contributed by atoms with Crippen LogP contribution in [0.1, 0.15) is 15.9 Å². The van der Waals surface area contributed by atoms with Crippen LogP contribution in [0.25, 0.3) is 0 Å². The van der Waals surface area contributed by atoms with Crippen molar-refractivity contribution < 1.29 is 9.59 Å². The molecule has 1 aromatic carbocycles. The molecule has 1 aliphatic rings. The van der Waals surface area contributed by atoms with E-state index in [1.165, 1.54) is 0 Å². The molecule has 14 heavy (non-hydrogen) atoms. The number of benzene rings is 1. The van der Waals surface area contributed by atoms with Gasteiger partial charge in [-0.1, -0.05) is 6.07 Å². The first-order valence-corrected chi connectivity index (χ1v) is 4.36. The lowest BCUT2D eigenvalue weighted by Gasteiger charge is -2.18. The fourth-order valence-electron chi connectivity index (χ4n) is 1.62. The second-order valence-electron chi connectivity index (χ2n) is 3.14. The van der Waals surface area contributed by atoms with Crippen molar-refractivity contribution in [2.24, 2.45) is 0 Å². The smallest absolute Gasteiger partial charge is 0.258 e. The number of nitrogens with one attached hydrogen (secondary N) is 2. The zero-order valence-electron chi connectivity index (χ0n) is 7.76. The third kappa shape index (κ3) is 1.25. The molecule has 1 aliphatic heterocycles. The maximum absolute atomic E-state index is 11.4. The predicted octanol–water partition coefficient (Wildman–Crippen LogP) is 0.541. The van der Waals surface area contributed by atoms with Crippen LogP contribution >= 0.6 is 0 Å². The summed E-state index contributed by atoms with van der Waals surface area (Å²) in [6.07, 6.45) is 0.262. The van der Waals surface area contributed by atoms with Crippen LogP contribution in [0.3, 0.4) is 0 Å². The molecule has 0 saturated heterocycles. The van der Waals surface area contributed by atoms with Gasteiger partial charge in [0.1, 0.15) is 0 Å². The molecule has 1 aromatic rings. The largest absolute Gasteiger partial charge is 0.388 e. The SMILES string of the molecule is CNc1cccc2c1CC(=O)NC2=O. The van der Waals surface area contributed by atoms with Crippen molar-refractivity contribution in [3.05, 3.63) is 29.3 Å². The van der Waals surface area contributed by atoms with Crippen molar-refractivity contribution in [3.63, 3.8) is 0 Å². The molecule has 2 N–H and O–H groups in total. The molecule has 2 amide bonds. The number of fused-ring (bicyclic) bond motifs is 1. The molecule has 0 aliphatic carbocycles. The van der Waals surface area contributed by atoms with E-state index in [4.69, 9.17) is 0 Å². The molecule has 0 atom stereocenters. The molecule has 0 spiro atoms. The van der Waals surface area contributed by atoms with Crippen LogP contribution in [-0.4, -0.2) is 18.9 Å². The van der Waals surface area contributed by atoms with Crippen molar-refractivity contribution in [1.82, 2.24) is 5.32 Å². The summed E-state index contributed by atoms with van der Waals surface area (Å²) in [7, 11) is 1.77. The highest BCUT2D eigenvalue weighted by molar-refractivity contribution is 6.10. The van der Waals surface area contributed by atoms with E-state index in [1.807, 2.05) is 6.07 Å². The van der Waals surface area contributed by atoms with Gasteiger partial charge in [-0.3, -0.25) is 14.9 Å². The van der Waals surface area contributed by atoms with Gasteiger partial charge >= 0.3 is 0 Å². The van der Waals surface area contributed by atoms with E-state index in [1.54, 1.807) is 19.2 Å². The molecule has 0 saturated carbocycles. The molecule has 0 bridgehead atoms. The Balaban J connectivity index is 2.58. The number of hydrogen-bond donors (Lipinski definition) is 2. The molecule has 0 radical (unpaired) electrons. The van der Waals surface area contributed by atoms with Crippen LogP contribution in [0.4, 0.5) is 5.69 Å². The number of imide groups is 1. The second-order valence-corrected chi connectivity index (χ2v) is 3.14. The molecule has 0 unspecified atom stereocenters. The molecular formula is C10H10N2O2. The summed E-state index contributed by atoms with van der Waals surface area (Å²) < 4.78 is 0. The third-order valence-corrected chi connectivity index (χ3v) is 2.28. The number of hydrogen-bond acceptors (Lipinski definition) is 3. The molecule has 0 fully saturated rings. The van der Waals surface area contributed by atoms with E-state index in [2.05, 4.69) is 10.6 Å². The standard InChI is InChI=1S/C10H10N2O2/c1-11-8-4-2-3-6-7(8)5-9(13)12-10(6)14/h2-4,11H,5H2,1H3,(H,12,13,14). The van der Waals surface area contributed by atoms with Gasteiger partial charge in [0.05, 0.1) is 6.42 Å². The van der Waals surface area contributed by atoms with Crippen LogP contribution in [0, 0.1) is 0 Å². The van der Waals surface area contributed by atoms with Gasteiger partial charge in [-0.15, -0.1) is 0 Å². The predicted molar refractivity (Wildman–Crippen MR) is 52.2 cm³/mol. The van der Waals surface area contributed by atoms with E-state index in [0.29, 0.717) is 5.56 Å². The topological polar surface area (TPSA) is 58.2 Å². The Morgan fingerprint density at radius 2 is 2.14 bits per heavy atom. The summed E-state index contributed by atoms with van der Waals surface area (Å²) in [5, 5.41) is 5.25. The molecule has 2 rings (SSSR count). The number of carbonyl (C=O) groups is 2. The Morgan fingerprint density at radius 1 is 1.36 bits per heavy atom. The average Bonchev–Trinajstić information content (AvgIpc) is 2.17. The molecule has 72 valence electrons.